The Morgan fingerprint density at radius 3 is 2.36 bits per heavy atom. The number of nitrogens with two attached hydrogens (primary N) is 1. The summed E-state index contributed by atoms with van der Waals surface area (Å²) in [5, 5.41) is 9.28. The molecule has 0 bridgehead atoms. The lowest BCUT2D eigenvalue weighted by Gasteiger charge is -2.24. The second-order valence-electron chi connectivity index (χ2n) is 4.14. The molecule has 0 saturated heterocycles. The lowest BCUT2D eigenvalue weighted by atomic mass is 9.83. The maximum atomic E-state index is 9.28. The highest BCUT2D eigenvalue weighted by molar-refractivity contribution is 5.32. The Labute approximate surface area is 84.7 Å². The summed E-state index contributed by atoms with van der Waals surface area (Å²) in [4.78, 5) is 0. The molecule has 1 atom stereocenters. The van der Waals surface area contributed by atoms with E-state index < -0.39 is 0 Å². The summed E-state index contributed by atoms with van der Waals surface area (Å²) in [7, 11) is 0. The average molecular weight is 191 g/mol. The summed E-state index contributed by atoms with van der Waals surface area (Å²) in [5.41, 5.74) is 7.21. The highest BCUT2D eigenvalue weighted by atomic mass is 16.3. The van der Waals surface area contributed by atoms with Crippen molar-refractivity contribution in [2.75, 3.05) is 13.2 Å². The van der Waals surface area contributed by atoms with E-state index in [9.17, 15) is 5.11 Å². The first-order chi connectivity index (χ1) is 6.83. The Morgan fingerprint density at radius 2 is 1.93 bits per heavy atom. The van der Waals surface area contributed by atoms with Crippen molar-refractivity contribution in [3.8, 4) is 0 Å². The van der Waals surface area contributed by atoms with Gasteiger partial charge in [0, 0.05) is 17.9 Å². The van der Waals surface area contributed by atoms with E-state index in [4.69, 9.17) is 5.73 Å². The molecule has 0 aliphatic heterocycles. The first kappa shape index (κ1) is 9.69. The van der Waals surface area contributed by atoms with E-state index in [1.807, 2.05) is 6.07 Å². The number of benzene rings is 1. The molecule has 14 heavy (non-hydrogen) atoms. The highest BCUT2D eigenvalue weighted by Crippen LogP contribution is 2.53. The molecule has 0 heterocycles. The number of aliphatic hydroxyl groups is 1. The molecule has 1 saturated carbocycles. The minimum Gasteiger partial charge on any atom is -0.396 e. The van der Waals surface area contributed by atoms with Crippen molar-refractivity contribution in [3.05, 3.63) is 35.9 Å². The average Bonchev–Trinajstić information content (AvgIpc) is 3.03. The molecule has 1 aliphatic rings. The largest absolute Gasteiger partial charge is 0.396 e. The van der Waals surface area contributed by atoms with Gasteiger partial charge < -0.3 is 10.8 Å². The fraction of sp³-hybridized carbons (Fsp3) is 0.500. The predicted octanol–water partition coefficient (Wildman–Crippen LogP) is 1.29. The van der Waals surface area contributed by atoms with E-state index in [0.29, 0.717) is 6.54 Å². The Kier molecular flexibility index (Phi) is 2.57. The topological polar surface area (TPSA) is 46.2 Å². The molecule has 1 fully saturated rings. The van der Waals surface area contributed by atoms with Gasteiger partial charge in [0.15, 0.2) is 0 Å². The normalized spacial score (nSPS) is 20.4. The van der Waals surface area contributed by atoms with Crippen molar-refractivity contribution in [3.63, 3.8) is 0 Å². The molecule has 76 valence electrons. The maximum absolute atomic E-state index is 9.28. The molecule has 0 spiro atoms. The van der Waals surface area contributed by atoms with Gasteiger partial charge in [0.05, 0.1) is 0 Å². The summed E-state index contributed by atoms with van der Waals surface area (Å²) in [6, 6.07) is 10.4. The standard InChI is InChI=1S/C12H17NO/c13-8-11(9-14)12(6-7-12)10-4-2-1-3-5-10/h1-5,11,14H,6-9,13H2. The Hall–Kier alpha value is -0.860. The van der Waals surface area contributed by atoms with Crippen LogP contribution in [0.25, 0.3) is 0 Å². The van der Waals surface area contributed by atoms with Crippen LogP contribution >= 0.6 is 0 Å². The molecule has 1 aromatic carbocycles. The van der Waals surface area contributed by atoms with Crippen LogP contribution in [-0.2, 0) is 5.41 Å². The predicted molar refractivity (Wildman–Crippen MR) is 57.0 cm³/mol. The summed E-state index contributed by atoms with van der Waals surface area (Å²) in [6.07, 6.45) is 2.33. The molecule has 1 aromatic rings. The van der Waals surface area contributed by atoms with Crippen molar-refractivity contribution in [1.82, 2.24) is 0 Å². The molecule has 1 aliphatic carbocycles. The number of hydrogen-bond donors (Lipinski definition) is 2. The van der Waals surface area contributed by atoms with Crippen LogP contribution in [0.5, 0.6) is 0 Å². The third kappa shape index (κ3) is 1.45. The molecule has 2 nitrogen and oxygen atoms in total. The van der Waals surface area contributed by atoms with Crippen molar-refractivity contribution in [2.24, 2.45) is 11.7 Å². The maximum Gasteiger partial charge on any atom is 0.0479 e. The molecule has 1 unspecified atom stereocenters. The van der Waals surface area contributed by atoms with Gasteiger partial charge in [-0.15, -0.1) is 0 Å². The Balaban J connectivity index is 2.25. The Morgan fingerprint density at radius 1 is 1.29 bits per heavy atom. The van der Waals surface area contributed by atoms with E-state index in [1.54, 1.807) is 0 Å². The molecular formula is C12H17NO. The van der Waals surface area contributed by atoms with Crippen LogP contribution in [0.4, 0.5) is 0 Å². The fourth-order valence-electron chi connectivity index (χ4n) is 2.31. The van der Waals surface area contributed by atoms with Crippen LogP contribution in [0, 0.1) is 5.92 Å². The van der Waals surface area contributed by atoms with Crippen LogP contribution in [-0.4, -0.2) is 18.3 Å². The van der Waals surface area contributed by atoms with Gasteiger partial charge in [-0.1, -0.05) is 30.3 Å². The minimum absolute atomic E-state index is 0.185. The van der Waals surface area contributed by atoms with Crippen molar-refractivity contribution >= 4 is 0 Å². The lowest BCUT2D eigenvalue weighted by molar-refractivity contribution is 0.200. The van der Waals surface area contributed by atoms with Crippen LogP contribution in [0.3, 0.4) is 0 Å². The van der Waals surface area contributed by atoms with Gasteiger partial charge in [-0.05, 0) is 24.9 Å². The number of aliphatic hydroxyl groups excluding tert-OH is 1. The second-order valence-corrected chi connectivity index (χ2v) is 4.14. The zero-order valence-corrected chi connectivity index (χ0v) is 8.32. The molecule has 0 amide bonds. The van der Waals surface area contributed by atoms with Crippen molar-refractivity contribution in [2.45, 2.75) is 18.3 Å². The highest BCUT2D eigenvalue weighted by Gasteiger charge is 2.49. The first-order valence-corrected chi connectivity index (χ1v) is 5.20. The first-order valence-electron chi connectivity index (χ1n) is 5.20. The summed E-state index contributed by atoms with van der Waals surface area (Å²) < 4.78 is 0. The zero-order valence-electron chi connectivity index (χ0n) is 8.32. The fourth-order valence-corrected chi connectivity index (χ4v) is 2.31. The summed E-state index contributed by atoms with van der Waals surface area (Å²) in [5.74, 6) is 0.227. The van der Waals surface area contributed by atoms with Gasteiger partial charge in [-0.3, -0.25) is 0 Å². The van der Waals surface area contributed by atoms with Gasteiger partial charge in [0.1, 0.15) is 0 Å². The Bertz CT molecular complexity index is 288. The van der Waals surface area contributed by atoms with Crippen LogP contribution in [0.15, 0.2) is 30.3 Å². The lowest BCUT2D eigenvalue weighted by Crippen LogP contribution is -2.30. The van der Waals surface area contributed by atoms with Gasteiger partial charge >= 0.3 is 0 Å². The number of hydrogen-bond acceptors (Lipinski definition) is 2. The molecule has 2 rings (SSSR count). The van der Waals surface area contributed by atoms with Gasteiger partial charge in [-0.25, -0.2) is 0 Å². The molecule has 3 N–H and O–H groups in total. The summed E-state index contributed by atoms with van der Waals surface area (Å²) >= 11 is 0. The third-order valence-corrected chi connectivity index (χ3v) is 3.42. The van der Waals surface area contributed by atoms with Gasteiger partial charge in [-0.2, -0.15) is 0 Å². The zero-order chi connectivity index (χ0) is 10.0. The van der Waals surface area contributed by atoms with E-state index in [-0.39, 0.29) is 17.9 Å². The smallest absolute Gasteiger partial charge is 0.0479 e. The monoisotopic (exact) mass is 191 g/mol. The van der Waals surface area contributed by atoms with E-state index >= 15 is 0 Å². The SMILES string of the molecule is NCC(CO)C1(c2ccccc2)CC1. The molecule has 0 radical (unpaired) electrons. The van der Waals surface area contributed by atoms with Crippen LogP contribution in [0.2, 0.25) is 0 Å². The second kappa shape index (κ2) is 3.71. The van der Waals surface area contributed by atoms with Crippen LogP contribution in [0.1, 0.15) is 18.4 Å². The summed E-state index contributed by atoms with van der Waals surface area (Å²) in [6.45, 7) is 0.775. The third-order valence-electron chi connectivity index (χ3n) is 3.42. The van der Waals surface area contributed by atoms with E-state index in [1.165, 1.54) is 18.4 Å². The van der Waals surface area contributed by atoms with Crippen molar-refractivity contribution < 1.29 is 5.11 Å². The quantitative estimate of drug-likeness (QED) is 0.753. The molecule has 0 aromatic heterocycles. The van der Waals surface area contributed by atoms with Crippen molar-refractivity contribution in [1.29, 1.82) is 0 Å². The molecular weight excluding hydrogens is 174 g/mol. The van der Waals surface area contributed by atoms with E-state index in [2.05, 4.69) is 24.3 Å². The van der Waals surface area contributed by atoms with Gasteiger partial charge in [0.2, 0.25) is 0 Å². The van der Waals surface area contributed by atoms with Gasteiger partial charge in [0.25, 0.3) is 0 Å². The molecule has 2 heteroatoms. The number of rotatable bonds is 4. The van der Waals surface area contributed by atoms with E-state index in [0.717, 1.165) is 0 Å². The minimum atomic E-state index is 0.185. The van der Waals surface area contributed by atoms with Crippen LogP contribution < -0.4 is 5.73 Å².